The highest BCUT2D eigenvalue weighted by Crippen LogP contribution is 2.70. The summed E-state index contributed by atoms with van der Waals surface area (Å²) in [6.45, 7) is 0. The fourth-order valence-corrected chi connectivity index (χ4v) is 8.61. The van der Waals surface area contributed by atoms with Gasteiger partial charge in [0.1, 0.15) is 0 Å². The third-order valence-electron chi connectivity index (χ3n) is 7.59. The van der Waals surface area contributed by atoms with Gasteiger partial charge in [-0.15, -0.1) is 0 Å². The van der Waals surface area contributed by atoms with Gasteiger partial charge in [-0.2, -0.15) is 0 Å². The standard InChI is InChI=1S/C28H17Br2NO2/c29-27-18-11-3-4-12-19(18)28(30,21-14-6-5-13-20(21)27)24-23(27)25(32)31(26(24)33)22-15-7-9-16-8-1-2-10-17(16)22/h1-15,23-24H/t23-,24+,27?,28?. The molecule has 1 saturated heterocycles. The lowest BCUT2D eigenvalue weighted by molar-refractivity contribution is -0.122. The average Bonchev–Trinajstić information content (AvgIpc) is 3.13. The minimum atomic E-state index is -0.771. The van der Waals surface area contributed by atoms with Gasteiger partial charge in [-0.25, -0.2) is 4.90 Å². The van der Waals surface area contributed by atoms with E-state index >= 15 is 0 Å². The number of halogens is 2. The highest BCUT2D eigenvalue weighted by Gasteiger charge is 2.72. The second-order valence-corrected chi connectivity index (χ2v) is 11.5. The number of fused-ring (bicyclic) bond motifs is 1. The normalized spacial score (nSPS) is 29.2. The molecule has 8 rings (SSSR count). The Kier molecular flexibility index (Phi) is 3.83. The number of alkyl halides is 2. The van der Waals surface area contributed by atoms with Gasteiger partial charge in [0.05, 0.1) is 26.2 Å². The first-order chi connectivity index (χ1) is 16.0. The Balaban J connectivity index is 1.53. The summed E-state index contributed by atoms with van der Waals surface area (Å²) in [4.78, 5) is 29.8. The molecule has 160 valence electrons. The maximum Gasteiger partial charge on any atom is 0.239 e. The lowest BCUT2D eigenvalue weighted by Gasteiger charge is -2.55. The van der Waals surface area contributed by atoms with Crippen molar-refractivity contribution in [3.63, 3.8) is 0 Å². The maximum atomic E-state index is 14.2. The molecule has 33 heavy (non-hydrogen) atoms. The summed E-state index contributed by atoms with van der Waals surface area (Å²) >= 11 is 8.12. The number of rotatable bonds is 1. The topological polar surface area (TPSA) is 37.4 Å². The Hall–Kier alpha value is -2.76. The van der Waals surface area contributed by atoms with Gasteiger partial charge in [-0.3, -0.25) is 9.59 Å². The molecule has 5 heteroatoms. The minimum absolute atomic E-state index is 0.161. The summed E-state index contributed by atoms with van der Waals surface area (Å²) in [5.74, 6) is -1.45. The molecule has 4 aromatic rings. The number of hydrogen-bond acceptors (Lipinski definition) is 2. The number of hydrogen-bond donors (Lipinski definition) is 0. The number of carbonyl (C=O) groups is 2. The van der Waals surface area contributed by atoms with Crippen molar-refractivity contribution in [2.24, 2.45) is 11.8 Å². The summed E-state index contributed by atoms with van der Waals surface area (Å²) in [5.41, 5.74) is 4.83. The molecule has 1 aliphatic heterocycles. The first-order valence-corrected chi connectivity index (χ1v) is 12.5. The number of benzene rings is 4. The van der Waals surface area contributed by atoms with Gasteiger partial charge in [0.15, 0.2) is 0 Å². The molecule has 0 spiro atoms. The predicted molar refractivity (Wildman–Crippen MR) is 136 cm³/mol. The number of anilines is 1. The Morgan fingerprint density at radius 1 is 0.576 bits per heavy atom. The number of imide groups is 1. The summed E-state index contributed by atoms with van der Waals surface area (Å²) < 4.78 is -1.54. The molecule has 2 amide bonds. The highest BCUT2D eigenvalue weighted by atomic mass is 79.9. The fourth-order valence-electron chi connectivity index (χ4n) is 6.31. The van der Waals surface area contributed by atoms with Gasteiger partial charge in [0, 0.05) is 5.39 Å². The van der Waals surface area contributed by atoms with Gasteiger partial charge < -0.3 is 0 Å². The van der Waals surface area contributed by atoms with Crippen molar-refractivity contribution < 1.29 is 9.59 Å². The van der Waals surface area contributed by atoms with E-state index in [4.69, 9.17) is 0 Å². The Morgan fingerprint density at radius 2 is 1.00 bits per heavy atom. The molecule has 3 nitrogen and oxygen atoms in total. The smallest absolute Gasteiger partial charge is 0.239 e. The van der Waals surface area contributed by atoms with Crippen molar-refractivity contribution >= 4 is 60.1 Å². The molecule has 4 aliphatic rings. The highest BCUT2D eigenvalue weighted by molar-refractivity contribution is 9.10. The van der Waals surface area contributed by atoms with E-state index < -0.39 is 20.5 Å². The van der Waals surface area contributed by atoms with Crippen molar-refractivity contribution in [1.82, 2.24) is 0 Å². The lowest BCUT2D eigenvalue weighted by atomic mass is 9.54. The average molecular weight is 559 g/mol. The van der Waals surface area contributed by atoms with Crippen molar-refractivity contribution in [2.75, 3.05) is 4.90 Å². The van der Waals surface area contributed by atoms with E-state index in [1.165, 1.54) is 4.90 Å². The zero-order chi connectivity index (χ0) is 22.5. The van der Waals surface area contributed by atoms with Crippen LogP contribution in [0.25, 0.3) is 10.8 Å². The van der Waals surface area contributed by atoms with Crippen LogP contribution in [0.2, 0.25) is 0 Å². The van der Waals surface area contributed by atoms with E-state index in [0.29, 0.717) is 5.69 Å². The fraction of sp³-hybridized carbons (Fsp3) is 0.143. The SMILES string of the molecule is O=C1[C@@H]2[C@H](C(=O)N1c1cccc3ccccc13)C1(Br)c3ccccc3C2(Br)c2ccccc21. The van der Waals surface area contributed by atoms with Crippen molar-refractivity contribution in [3.05, 3.63) is 113 Å². The van der Waals surface area contributed by atoms with E-state index in [9.17, 15) is 9.59 Å². The molecular weight excluding hydrogens is 542 g/mol. The van der Waals surface area contributed by atoms with Crippen LogP contribution >= 0.6 is 31.9 Å². The molecule has 3 aliphatic carbocycles. The van der Waals surface area contributed by atoms with E-state index in [1.807, 2.05) is 66.7 Å². The predicted octanol–water partition coefficient (Wildman–Crippen LogP) is 6.25. The molecule has 2 bridgehead atoms. The summed E-state index contributed by atoms with van der Waals surface area (Å²) in [6.07, 6.45) is 0. The monoisotopic (exact) mass is 557 g/mol. The third kappa shape index (κ3) is 2.16. The van der Waals surface area contributed by atoms with Crippen molar-refractivity contribution in [1.29, 1.82) is 0 Å². The largest absolute Gasteiger partial charge is 0.274 e. The van der Waals surface area contributed by atoms with Crippen LogP contribution in [0, 0.1) is 11.8 Å². The van der Waals surface area contributed by atoms with E-state index in [-0.39, 0.29) is 11.8 Å². The van der Waals surface area contributed by atoms with Crippen molar-refractivity contribution in [3.8, 4) is 0 Å². The number of carbonyl (C=O) groups excluding carboxylic acids is 2. The third-order valence-corrected chi connectivity index (χ3v) is 10.3. The molecule has 2 atom stereocenters. The lowest BCUT2D eigenvalue weighted by Crippen LogP contribution is -2.56. The molecule has 0 N–H and O–H groups in total. The van der Waals surface area contributed by atoms with Crippen LogP contribution in [-0.4, -0.2) is 11.8 Å². The molecule has 0 saturated carbocycles. The molecule has 0 aromatic heterocycles. The van der Waals surface area contributed by atoms with Crippen molar-refractivity contribution in [2.45, 2.75) is 8.65 Å². The second-order valence-electron chi connectivity index (χ2n) is 8.98. The van der Waals surface area contributed by atoms with Crippen LogP contribution < -0.4 is 4.90 Å². The molecular formula is C28H17Br2NO2. The molecule has 4 aromatic carbocycles. The van der Waals surface area contributed by atoms with Crippen LogP contribution in [0.3, 0.4) is 0 Å². The first-order valence-electron chi connectivity index (χ1n) is 10.9. The van der Waals surface area contributed by atoms with Gasteiger partial charge in [0.2, 0.25) is 11.8 Å². The van der Waals surface area contributed by atoms with Crippen LogP contribution in [0.4, 0.5) is 5.69 Å². The van der Waals surface area contributed by atoms with E-state index in [2.05, 4.69) is 56.1 Å². The molecule has 0 unspecified atom stereocenters. The van der Waals surface area contributed by atoms with E-state index in [0.717, 1.165) is 33.0 Å². The Morgan fingerprint density at radius 3 is 1.52 bits per heavy atom. The van der Waals surface area contributed by atoms with Gasteiger partial charge in [-0.05, 0) is 33.7 Å². The van der Waals surface area contributed by atoms with E-state index in [1.54, 1.807) is 0 Å². The van der Waals surface area contributed by atoms with Crippen LogP contribution in [0.15, 0.2) is 91.0 Å². The van der Waals surface area contributed by atoms with Gasteiger partial charge >= 0.3 is 0 Å². The number of amides is 2. The second kappa shape index (κ2) is 6.43. The van der Waals surface area contributed by atoms with Crippen LogP contribution in [0.1, 0.15) is 22.3 Å². The first kappa shape index (κ1) is 19.7. The minimum Gasteiger partial charge on any atom is -0.274 e. The molecule has 1 heterocycles. The summed E-state index contributed by atoms with van der Waals surface area (Å²) in [6, 6.07) is 30.0. The zero-order valence-electron chi connectivity index (χ0n) is 17.3. The molecule has 1 fully saturated rings. The maximum absolute atomic E-state index is 14.2. The quantitative estimate of drug-likeness (QED) is 0.204. The van der Waals surface area contributed by atoms with Gasteiger partial charge in [0.25, 0.3) is 0 Å². The van der Waals surface area contributed by atoms with Crippen LogP contribution in [0.5, 0.6) is 0 Å². The Bertz CT molecular complexity index is 1400. The molecule has 0 radical (unpaired) electrons. The van der Waals surface area contributed by atoms with Gasteiger partial charge in [-0.1, -0.05) is 117 Å². The Labute approximate surface area is 207 Å². The summed E-state index contributed by atoms with van der Waals surface area (Å²) in [5, 5.41) is 1.90. The zero-order valence-corrected chi connectivity index (χ0v) is 20.5. The van der Waals surface area contributed by atoms with Crippen LogP contribution in [-0.2, 0) is 18.2 Å². The number of nitrogens with zero attached hydrogens (tertiary/aromatic N) is 1. The summed E-state index contributed by atoms with van der Waals surface area (Å²) in [7, 11) is 0.